The number of hydrogen-bond acceptors (Lipinski definition) is 5. The summed E-state index contributed by atoms with van der Waals surface area (Å²) >= 11 is 3.22. The van der Waals surface area contributed by atoms with E-state index in [1.165, 1.54) is 0 Å². The Morgan fingerprint density at radius 3 is 2.47 bits per heavy atom. The third-order valence-corrected chi connectivity index (χ3v) is 6.89. The van der Waals surface area contributed by atoms with Crippen LogP contribution in [0.4, 0.5) is 0 Å². The first-order valence-corrected chi connectivity index (χ1v) is 12.0. The Morgan fingerprint density at radius 1 is 0.938 bits per heavy atom. The van der Waals surface area contributed by atoms with E-state index in [2.05, 4.69) is 10.3 Å². The Balaban J connectivity index is 1.32. The molecule has 1 N–H and O–H groups in total. The molecule has 0 aliphatic rings. The molecule has 32 heavy (non-hydrogen) atoms. The van der Waals surface area contributed by atoms with Crippen LogP contribution < -0.4 is 5.32 Å². The molecular formula is C25H20N4OS2. The van der Waals surface area contributed by atoms with Gasteiger partial charge in [-0.15, -0.1) is 22.7 Å². The summed E-state index contributed by atoms with van der Waals surface area (Å²) in [5, 5.41) is 12.8. The topological polar surface area (TPSA) is 59.8 Å². The molecule has 3 aromatic heterocycles. The summed E-state index contributed by atoms with van der Waals surface area (Å²) in [6.07, 6.45) is 2.24. The number of para-hydroxylation sites is 1. The average molecular weight is 457 g/mol. The van der Waals surface area contributed by atoms with Crippen molar-refractivity contribution in [1.29, 1.82) is 0 Å². The highest BCUT2D eigenvalue weighted by molar-refractivity contribution is 7.20. The second kappa shape index (κ2) is 9.30. The third-order valence-electron chi connectivity index (χ3n) is 4.96. The number of aromatic nitrogens is 3. The van der Waals surface area contributed by atoms with Gasteiger partial charge in [-0.05, 0) is 23.6 Å². The van der Waals surface area contributed by atoms with Crippen LogP contribution in [0.25, 0.3) is 26.8 Å². The van der Waals surface area contributed by atoms with Crippen molar-refractivity contribution in [3.8, 4) is 26.8 Å². The number of nitrogens with zero attached hydrogens (tertiary/aromatic N) is 3. The van der Waals surface area contributed by atoms with Crippen LogP contribution in [-0.4, -0.2) is 20.7 Å². The molecule has 2 aromatic carbocycles. The Morgan fingerprint density at radius 2 is 1.72 bits per heavy atom. The number of nitrogens with one attached hydrogen (secondary N) is 1. The van der Waals surface area contributed by atoms with Gasteiger partial charge in [0.2, 0.25) is 5.91 Å². The maximum Gasteiger partial charge on any atom is 0.226 e. The number of thiazole rings is 1. The fourth-order valence-corrected chi connectivity index (χ4v) is 5.05. The summed E-state index contributed by atoms with van der Waals surface area (Å²) in [5.41, 5.74) is 4.62. The minimum atomic E-state index is -0.0560. The molecule has 0 bridgehead atoms. The first kappa shape index (κ1) is 20.4. The molecule has 1 amide bonds. The zero-order valence-electron chi connectivity index (χ0n) is 17.1. The van der Waals surface area contributed by atoms with Crippen LogP contribution in [0.2, 0.25) is 0 Å². The summed E-state index contributed by atoms with van der Waals surface area (Å²) in [6.45, 7) is 0.401. The molecule has 0 aliphatic carbocycles. The molecule has 5 nitrogen and oxygen atoms in total. The van der Waals surface area contributed by atoms with Gasteiger partial charge >= 0.3 is 0 Å². The summed E-state index contributed by atoms with van der Waals surface area (Å²) in [5.74, 6) is -0.0560. The van der Waals surface area contributed by atoms with Gasteiger partial charge in [-0.1, -0.05) is 54.6 Å². The van der Waals surface area contributed by atoms with E-state index in [-0.39, 0.29) is 12.3 Å². The number of thiophene rings is 1. The molecule has 0 atom stereocenters. The number of carbonyl (C=O) groups is 1. The Hall–Kier alpha value is -3.55. The lowest BCUT2D eigenvalue weighted by Crippen LogP contribution is -2.24. The summed E-state index contributed by atoms with van der Waals surface area (Å²) < 4.78 is 1.86. The average Bonchev–Trinajstić information content (AvgIpc) is 3.59. The van der Waals surface area contributed by atoms with Gasteiger partial charge in [0.25, 0.3) is 0 Å². The molecule has 0 saturated heterocycles. The van der Waals surface area contributed by atoms with Crippen molar-refractivity contribution in [2.24, 2.45) is 0 Å². The predicted molar refractivity (Wildman–Crippen MR) is 130 cm³/mol. The smallest absolute Gasteiger partial charge is 0.226 e. The van der Waals surface area contributed by atoms with Crippen molar-refractivity contribution < 1.29 is 4.79 Å². The predicted octanol–water partition coefficient (Wildman–Crippen LogP) is 5.58. The van der Waals surface area contributed by atoms with Gasteiger partial charge in [0.05, 0.1) is 28.4 Å². The van der Waals surface area contributed by atoms with Crippen molar-refractivity contribution in [2.45, 2.75) is 13.0 Å². The highest BCUT2D eigenvalue weighted by atomic mass is 32.1. The Bertz CT molecular complexity index is 1310. The van der Waals surface area contributed by atoms with Gasteiger partial charge < -0.3 is 5.32 Å². The quantitative estimate of drug-likeness (QED) is 0.348. The van der Waals surface area contributed by atoms with Gasteiger partial charge in [0.15, 0.2) is 0 Å². The zero-order valence-corrected chi connectivity index (χ0v) is 18.8. The molecular weight excluding hydrogens is 436 g/mol. The molecule has 0 saturated carbocycles. The molecule has 158 valence electrons. The minimum absolute atomic E-state index is 0.0560. The van der Waals surface area contributed by atoms with Gasteiger partial charge in [0.1, 0.15) is 5.01 Å². The normalized spacial score (nSPS) is 10.9. The fourth-order valence-electron chi connectivity index (χ4n) is 3.41. The highest BCUT2D eigenvalue weighted by Gasteiger charge is 2.14. The van der Waals surface area contributed by atoms with E-state index in [1.54, 1.807) is 22.7 Å². The van der Waals surface area contributed by atoms with E-state index >= 15 is 0 Å². The molecule has 0 aliphatic heterocycles. The van der Waals surface area contributed by atoms with E-state index in [0.717, 1.165) is 38.1 Å². The molecule has 0 spiro atoms. The number of benzene rings is 2. The van der Waals surface area contributed by atoms with Crippen LogP contribution in [0.1, 0.15) is 11.3 Å². The summed E-state index contributed by atoms with van der Waals surface area (Å²) in [7, 11) is 0. The Kier molecular flexibility index (Phi) is 5.91. The van der Waals surface area contributed by atoms with E-state index in [1.807, 2.05) is 94.4 Å². The summed E-state index contributed by atoms with van der Waals surface area (Å²) in [6, 6.07) is 24.1. The lowest BCUT2D eigenvalue weighted by atomic mass is 10.1. The maximum atomic E-state index is 12.6. The van der Waals surface area contributed by atoms with Crippen molar-refractivity contribution in [3.63, 3.8) is 0 Å². The van der Waals surface area contributed by atoms with Crippen LogP contribution in [0.5, 0.6) is 0 Å². The molecule has 5 rings (SSSR count). The molecule has 0 unspecified atom stereocenters. The Labute approximate surface area is 194 Å². The van der Waals surface area contributed by atoms with Crippen LogP contribution in [0.15, 0.2) is 89.8 Å². The lowest BCUT2D eigenvalue weighted by Gasteiger charge is -2.05. The first-order chi connectivity index (χ1) is 15.8. The van der Waals surface area contributed by atoms with Crippen LogP contribution in [0, 0.1) is 0 Å². The second-order valence-electron chi connectivity index (χ2n) is 7.22. The molecule has 5 aromatic rings. The number of rotatable bonds is 7. The third kappa shape index (κ3) is 4.54. The van der Waals surface area contributed by atoms with Crippen LogP contribution in [0.3, 0.4) is 0 Å². The van der Waals surface area contributed by atoms with Gasteiger partial charge in [-0.3, -0.25) is 4.79 Å². The highest BCUT2D eigenvalue weighted by Crippen LogP contribution is 2.28. The summed E-state index contributed by atoms with van der Waals surface area (Å²) in [4.78, 5) is 18.4. The maximum absolute atomic E-state index is 12.6. The van der Waals surface area contributed by atoms with E-state index < -0.39 is 0 Å². The number of amides is 1. The van der Waals surface area contributed by atoms with E-state index in [9.17, 15) is 4.79 Å². The van der Waals surface area contributed by atoms with Gasteiger partial charge in [0, 0.05) is 29.2 Å². The van der Waals surface area contributed by atoms with Crippen molar-refractivity contribution in [3.05, 3.63) is 101 Å². The van der Waals surface area contributed by atoms with Gasteiger partial charge in [-0.2, -0.15) is 5.10 Å². The lowest BCUT2D eigenvalue weighted by molar-refractivity contribution is -0.120. The first-order valence-electron chi connectivity index (χ1n) is 10.2. The van der Waals surface area contributed by atoms with Crippen LogP contribution >= 0.6 is 22.7 Å². The van der Waals surface area contributed by atoms with Crippen molar-refractivity contribution in [2.75, 3.05) is 0 Å². The largest absolute Gasteiger partial charge is 0.352 e. The molecule has 0 fully saturated rings. The zero-order chi connectivity index (χ0) is 21.8. The van der Waals surface area contributed by atoms with Crippen LogP contribution in [-0.2, 0) is 17.8 Å². The SMILES string of the molecule is O=C(Cc1csc(-c2cccs2)n1)NCc1cn(-c2ccccc2)nc1-c1ccccc1. The number of hydrogen-bond donors (Lipinski definition) is 1. The van der Waals surface area contributed by atoms with Gasteiger partial charge in [-0.25, -0.2) is 9.67 Å². The number of carbonyl (C=O) groups excluding carboxylic acids is 1. The minimum Gasteiger partial charge on any atom is -0.352 e. The molecule has 0 radical (unpaired) electrons. The van der Waals surface area contributed by atoms with E-state index in [0.29, 0.717) is 6.54 Å². The van der Waals surface area contributed by atoms with Crippen molar-refractivity contribution in [1.82, 2.24) is 20.1 Å². The molecule has 3 heterocycles. The van der Waals surface area contributed by atoms with E-state index in [4.69, 9.17) is 5.10 Å². The van der Waals surface area contributed by atoms with Crippen molar-refractivity contribution >= 4 is 28.6 Å². The molecule has 7 heteroatoms. The fraction of sp³-hybridized carbons (Fsp3) is 0.0800. The standard InChI is InChI=1S/C25H20N4OS2/c30-23(14-20-17-32-25(27-20)22-12-7-13-31-22)26-15-19-16-29(21-10-5-2-6-11-21)28-24(19)18-8-3-1-4-9-18/h1-13,16-17H,14-15H2,(H,26,30). The second-order valence-corrected chi connectivity index (χ2v) is 9.03. The monoisotopic (exact) mass is 456 g/mol.